The van der Waals surface area contributed by atoms with Gasteiger partial charge < -0.3 is 9.36 Å². The Kier molecular flexibility index (Phi) is 6.15. The summed E-state index contributed by atoms with van der Waals surface area (Å²) in [6.45, 7) is 3.37. The second-order valence-electron chi connectivity index (χ2n) is 8.14. The number of rotatable bonds is 6. The number of benzene rings is 1. The van der Waals surface area contributed by atoms with Gasteiger partial charge in [-0.2, -0.15) is 23.6 Å². The van der Waals surface area contributed by atoms with Gasteiger partial charge in [0.2, 0.25) is 0 Å². The molecule has 0 amide bonds. The number of hydrogen-bond acceptors (Lipinski definition) is 9. The number of hydrogen-bond donors (Lipinski definition) is 1. The molecule has 0 unspecified atom stereocenters. The molecule has 1 aromatic carbocycles. The van der Waals surface area contributed by atoms with Crippen molar-refractivity contribution in [1.29, 1.82) is 0 Å². The summed E-state index contributed by atoms with van der Waals surface area (Å²) in [4.78, 5) is 17.0. The molecule has 4 aromatic heterocycles. The number of nitrogens with zero attached hydrogens (tertiary/aromatic N) is 5. The van der Waals surface area contributed by atoms with Gasteiger partial charge in [-0.3, -0.25) is 0 Å². The molecular formula is C24H19F3N6O4S. The maximum atomic E-state index is 14.0. The lowest BCUT2D eigenvalue weighted by Crippen LogP contribution is -2.16. The van der Waals surface area contributed by atoms with Crippen LogP contribution in [0.4, 0.5) is 13.2 Å². The lowest BCUT2D eigenvalue weighted by molar-refractivity contribution is -0.137. The zero-order valence-electron chi connectivity index (χ0n) is 20.1. The van der Waals surface area contributed by atoms with Gasteiger partial charge in [-0.1, -0.05) is 23.4 Å². The average molecular weight is 545 g/mol. The van der Waals surface area contributed by atoms with Crippen LogP contribution >= 0.6 is 0 Å². The van der Waals surface area contributed by atoms with Gasteiger partial charge >= 0.3 is 12.2 Å². The summed E-state index contributed by atoms with van der Waals surface area (Å²) < 4.78 is 75.4. The molecule has 196 valence electrons. The first-order valence-corrected chi connectivity index (χ1v) is 12.5. The molecule has 14 heteroatoms. The summed E-state index contributed by atoms with van der Waals surface area (Å²) in [5.74, 6) is 0.447. The molecule has 0 radical (unpaired) electrons. The van der Waals surface area contributed by atoms with Crippen LogP contribution in [-0.4, -0.2) is 39.5 Å². The van der Waals surface area contributed by atoms with Crippen LogP contribution in [0.2, 0.25) is 0 Å². The van der Waals surface area contributed by atoms with E-state index in [2.05, 4.69) is 25.6 Å². The molecule has 5 rings (SSSR count). The molecule has 4 heterocycles. The van der Waals surface area contributed by atoms with Crippen LogP contribution in [-0.2, 0) is 16.2 Å². The van der Waals surface area contributed by atoms with E-state index < -0.39 is 27.5 Å². The van der Waals surface area contributed by atoms with Gasteiger partial charge in [-0.15, -0.1) is 0 Å². The first-order valence-electron chi connectivity index (χ1n) is 11.1. The quantitative estimate of drug-likeness (QED) is 0.307. The monoisotopic (exact) mass is 544 g/mol. The summed E-state index contributed by atoms with van der Waals surface area (Å²) in [7, 11) is -2.89. The minimum atomic E-state index is -4.84. The highest BCUT2D eigenvalue weighted by Gasteiger charge is 2.37. The summed E-state index contributed by atoms with van der Waals surface area (Å²) >= 11 is 0. The van der Waals surface area contributed by atoms with Crippen LogP contribution in [0.1, 0.15) is 17.0 Å². The van der Waals surface area contributed by atoms with Crippen LogP contribution in [0.5, 0.6) is 6.01 Å². The fraction of sp³-hybridized carbons (Fsp3) is 0.167. The third-order valence-corrected chi connectivity index (χ3v) is 7.39. The Bertz CT molecular complexity index is 1750. The molecule has 1 N–H and O–H groups in total. The Morgan fingerprint density at radius 3 is 2.42 bits per heavy atom. The predicted molar refractivity (Wildman–Crippen MR) is 129 cm³/mol. The van der Waals surface area contributed by atoms with E-state index in [0.717, 1.165) is 10.2 Å². The molecule has 0 spiro atoms. The standard InChI is InChI=1S/C24H19F3N6O4S/c1-13-20(14(2)36-32-13)19-10-9-16-17(21-18(24(25,26)27)11-29-23(31-21)37-28-3)12-33(22(16)30-19)38(34,35)15-7-5-4-6-8-15/h4-12,28H,1-3H3. The van der Waals surface area contributed by atoms with Crippen LogP contribution in [0, 0.1) is 13.8 Å². The van der Waals surface area contributed by atoms with Crippen LogP contribution < -0.4 is 10.3 Å². The fourth-order valence-corrected chi connectivity index (χ4v) is 5.40. The molecule has 10 nitrogen and oxygen atoms in total. The zero-order valence-corrected chi connectivity index (χ0v) is 20.9. The second-order valence-corrected chi connectivity index (χ2v) is 9.96. The van der Waals surface area contributed by atoms with Crippen molar-refractivity contribution < 1.29 is 30.9 Å². The van der Waals surface area contributed by atoms with Crippen molar-refractivity contribution in [1.82, 2.24) is 29.6 Å². The zero-order chi connectivity index (χ0) is 27.2. The van der Waals surface area contributed by atoms with Crippen molar-refractivity contribution in [3.63, 3.8) is 0 Å². The van der Waals surface area contributed by atoms with Gasteiger partial charge in [0.05, 0.1) is 27.5 Å². The maximum Gasteiger partial charge on any atom is 0.420 e. The number of pyridine rings is 1. The Hall–Kier alpha value is -4.30. The molecule has 0 bridgehead atoms. The molecule has 0 saturated heterocycles. The molecule has 38 heavy (non-hydrogen) atoms. The van der Waals surface area contributed by atoms with E-state index in [1.807, 2.05) is 0 Å². The SMILES string of the molecule is CNOc1ncc(C(F)(F)F)c(-c2cn(S(=O)(=O)c3ccccc3)c3nc(-c4c(C)noc4C)ccc23)n1. The first-order chi connectivity index (χ1) is 18.0. The van der Waals surface area contributed by atoms with Gasteiger partial charge in [-0.05, 0) is 38.1 Å². The summed E-state index contributed by atoms with van der Waals surface area (Å²) in [6, 6.07) is 10.1. The van der Waals surface area contributed by atoms with E-state index in [1.165, 1.54) is 37.4 Å². The topological polar surface area (TPSA) is 125 Å². The molecule has 0 aliphatic carbocycles. The average Bonchev–Trinajstić information content (AvgIpc) is 3.43. The highest BCUT2D eigenvalue weighted by Crippen LogP contribution is 2.40. The maximum absolute atomic E-state index is 14.0. The summed E-state index contributed by atoms with van der Waals surface area (Å²) in [6.07, 6.45) is -3.20. The first kappa shape index (κ1) is 25.4. The smallest absolute Gasteiger partial charge is 0.368 e. The number of hydroxylamine groups is 1. The highest BCUT2D eigenvalue weighted by atomic mass is 32.2. The van der Waals surface area contributed by atoms with Gasteiger partial charge in [0.1, 0.15) is 11.3 Å². The normalized spacial score (nSPS) is 12.3. The molecule has 0 aliphatic rings. The molecule has 0 fully saturated rings. The van der Waals surface area contributed by atoms with E-state index in [1.54, 1.807) is 26.0 Å². The number of fused-ring (bicyclic) bond motifs is 1. The van der Waals surface area contributed by atoms with Crippen molar-refractivity contribution >= 4 is 21.1 Å². The fourth-order valence-electron chi connectivity index (χ4n) is 4.06. The Balaban J connectivity index is 1.86. The number of aryl methyl sites for hydroxylation is 2. The van der Waals surface area contributed by atoms with Crippen molar-refractivity contribution in [3.05, 3.63) is 71.9 Å². The van der Waals surface area contributed by atoms with Crippen molar-refractivity contribution in [3.8, 4) is 28.5 Å². The minimum Gasteiger partial charge on any atom is -0.368 e. The lowest BCUT2D eigenvalue weighted by Gasteiger charge is -2.12. The van der Waals surface area contributed by atoms with Crippen molar-refractivity contribution in [2.24, 2.45) is 0 Å². The molecule has 0 atom stereocenters. The lowest BCUT2D eigenvalue weighted by atomic mass is 10.1. The predicted octanol–water partition coefficient (Wildman–Crippen LogP) is 4.53. The van der Waals surface area contributed by atoms with Gasteiger partial charge in [0, 0.05) is 30.4 Å². The molecular weight excluding hydrogens is 525 g/mol. The molecule has 0 saturated carbocycles. The van der Waals surface area contributed by atoms with Gasteiger partial charge in [0.25, 0.3) is 10.0 Å². The Labute approximate surface area is 214 Å². The third-order valence-electron chi connectivity index (χ3n) is 5.73. The van der Waals surface area contributed by atoms with Crippen LogP contribution in [0.3, 0.4) is 0 Å². The van der Waals surface area contributed by atoms with E-state index >= 15 is 0 Å². The van der Waals surface area contributed by atoms with Crippen LogP contribution in [0.15, 0.2) is 64.3 Å². The van der Waals surface area contributed by atoms with Crippen molar-refractivity contribution in [2.45, 2.75) is 24.9 Å². The van der Waals surface area contributed by atoms with E-state index in [9.17, 15) is 21.6 Å². The number of aromatic nitrogens is 5. The van der Waals surface area contributed by atoms with Gasteiger partial charge in [0.15, 0.2) is 5.65 Å². The third kappa shape index (κ3) is 4.26. The molecule has 5 aromatic rings. The minimum absolute atomic E-state index is 0.0778. The van der Waals surface area contributed by atoms with Gasteiger partial charge in [-0.25, -0.2) is 22.4 Å². The van der Waals surface area contributed by atoms with E-state index in [-0.39, 0.29) is 27.5 Å². The summed E-state index contributed by atoms with van der Waals surface area (Å²) in [5, 5.41) is 4.02. The largest absolute Gasteiger partial charge is 0.420 e. The van der Waals surface area contributed by atoms with E-state index in [0.29, 0.717) is 28.9 Å². The number of nitrogens with one attached hydrogen (secondary N) is 1. The second kappa shape index (κ2) is 9.22. The Morgan fingerprint density at radius 2 is 1.79 bits per heavy atom. The van der Waals surface area contributed by atoms with E-state index in [4.69, 9.17) is 9.36 Å². The highest BCUT2D eigenvalue weighted by molar-refractivity contribution is 7.90. The Morgan fingerprint density at radius 1 is 1.05 bits per heavy atom. The number of halogens is 3. The number of alkyl halides is 3. The van der Waals surface area contributed by atoms with Crippen molar-refractivity contribution in [2.75, 3.05) is 7.05 Å². The van der Waals surface area contributed by atoms with Crippen LogP contribution in [0.25, 0.3) is 33.5 Å². The molecule has 0 aliphatic heterocycles. The summed E-state index contributed by atoms with van der Waals surface area (Å²) in [5.41, 5.74) is 1.72.